The summed E-state index contributed by atoms with van der Waals surface area (Å²) in [5.74, 6) is 0.122. The molecule has 0 unspecified atom stereocenters. The van der Waals surface area contributed by atoms with Crippen molar-refractivity contribution in [3.05, 3.63) is 48.6 Å². The van der Waals surface area contributed by atoms with E-state index in [2.05, 4.69) is 31.1 Å². The second-order valence-electron chi connectivity index (χ2n) is 5.32. The lowest BCUT2D eigenvalue weighted by Gasteiger charge is -2.34. The molecule has 1 saturated heterocycles. The van der Waals surface area contributed by atoms with Crippen LogP contribution in [-0.4, -0.2) is 22.9 Å². The Balaban J connectivity index is 2.42. The van der Waals surface area contributed by atoms with Crippen molar-refractivity contribution in [2.24, 2.45) is 0 Å². The van der Waals surface area contributed by atoms with Gasteiger partial charge in [0.2, 0.25) is 0 Å². The smallest absolute Gasteiger partial charge is 0.113 e. The Hall–Kier alpha value is -1.16. The first kappa shape index (κ1) is 14.3. The monoisotopic (exact) mass is 261 g/mol. The second kappa shape index (κ2) is 5.87. The number of hydroxylamine groups is 1. The van der Waals surface area contributed by atoms with E-state index in [1.807, 2.05) is 24.3 Å². The number of benzene rings is 1. The predicted molar refractivity (Wildman–Crippen MR) is 76.7 cm³/mol. The Morgan fingerprint density at radius 1 is 1.47 bits per heavy atom. The largest absolute Gasteiger partial charge is 0.391 e. The molecule has 1 aromatic carbocycles. The number of hydrogen-bond acceptors (Lipinski definition) is 3. The number of hydrogen-bond donors (Lipinski definition) is 2. The van der Waals surface area contributed by atoms with Crippen molar-refractivity contribution >= 4 is 0 Å². The predicted octanol–water partition coefficient (Wildman–Crippen LogP) is 2.78. The third-order valence-electron chi connectivity index (χ3n) is 4.10. The highest BCUT2D eigenvalue weighted by molar-refractivity contribution is 5.28. The lowest BCUT2D eigenvalue weighted by atomic mass is 9.73. The third kappa shape index (κ3) is 2.59. The van der Waals surface area contributed by atoms with Crippen LogP contribution in [0.1, 0.15) is 38.2 Å². The van der Waals surface area contributed by atoms with Crippen LogP contribution < -0.4 is 5.48 Å². The van der Waals surface area contributed by atoms with Gasteiger partial charge >= 0.3 is 0 Å². The minimum absolute atomic E-state index is 0.122. The summed E-state index contributed by atoms with van der Waals surface area (Å²) < 4.78 is 0. The number of rotatable bonds is 5. The molecule has 4 atom stereocenters. The van der Waals surface area contributed by atoms with Crippen molar-refractivity contribution < 1.29 is 9.94 Å². The van der Waals surface area contributed by atoms with E-state index in [0.29, 0.717) is 0 Å². The molecule has 19 heavy (non-hydrogen) atoms. The molecule has 0 aromatic heterocycles. The Bertz CT molecular complexity index is 418. The molecule has 0 spiro atoms. The van der Waals surface area contributed by atoms with Crippen molar-refractivity contribution in [1.82, 2.24) is 5.48 Å². The molecule has 3 heteroatoms. The highest BCUT2D eigenvalue weighted by Gasteiger charge is 2.50. The van der Waals surface area contributed by atoms with Gasteiger partial charge in [0.15, 0.2) is 0 Å². The molecule has 0 saturated carbocycles. The maximum absolute atomic E-state index is 9.99. The Morgan fingerprint density at radius 2 is 2.16 bits per heavy atom. The highest BCUT2D eigenvalue weighted by atomic mass is 16.7. The maximum atomic E-state index is 9.99. The molecule has 2 N–H and O–H groups in total. The summed E-state index contributed by atoms with van der Waals surface area (Å²) in [6.45, 7) is 7.78. The van der Waals surface area contributed by atoms with Crippen LogP contribution in [0.3, 0.4) is 0 Å². The van der Waals surface area contributed by atoms with Gasteiger partial charge in [0, 0.05) is 5.92 Å². The molecule has 1 aromatic rings. The van der Waals surface area contributed by atoms with Crippen LogP contribution in [0.5, 0.6) is 0 Å². The van der Waals surface area contributed by atoms with Crippen LogP contribution in [0.15, 0.2) is 43.0 Å². The fourth-order valence-electron chi connectivity index (χ4n) is 3.04. The lowest BCUT2D eigenvalue weighted by molar-refractivity contribution is -0.0471. The van der Waals surface area contributed by atoms with Gasteiger partial charge in [-0.15, -0.1) is 6.58 Å². The Kier molecular flexibility index (Phi) is 4.40. The SMILES string of the molecule is C=CC[C@]1(CC)NO[C@@H]([C@@H](C)O)[C@H]1c1ccccc1. The van der Waals surface area contributed by atoms with Gasteiger partial charge in [-0.2, -0.15) is 5.48 Å². The van der Waals surface area contributed by atoms with E-state index in [4.69, 9.17) is 4.84 Å². The minimum atomic E-state index is -0.518. The molecule has 0 aliphatic carbocycles. The molecule has 1 heterocycles. The van der Waals surface area contributed by atoms with E-state index in [-0.39, 0.29) is 17.6 Å². The van der Waals surface area contributed by atoms with Gasteiger partial charge in [0.1, 0.15) is 6.10 Å². The number of nitrogens with one attached hydrogen (secondary N) is 1. The van der Waals surface area contributed by atoms with Crippen molar-refractivity contribution in [2.75, 3.05) is 0 Å². The van der Waals surface area contributed by atoms with Crippen molar-refractivity contribution in [2.45, 2.75) is 50.4 Å². The summed E-state index contributed by atoms with van der Waals surface area (Å²) in [5.41, 5.74) is 4.18. The topological polar surface area (TPSA) is 41.5 Å². The van der Waals surface area contributed by atoms with E-state index >= 15 is 0 Å². The van der Waals surface area contributed by atoms with Gasteiger partial charge in [0.05, 0.1) is 11.6 Å². The standard InChI is InChI=1S/C16H23NO2/c1-4-11-16(5-2)14(13-9-7-6-8-10-13)15(12(3)18)19-17-16/h4,6-10,12,14-15,17-18H,1,5,11H2,2-3H3/t12-,14-,15+,16+/m1/s1. The second-order valence-corrected chi connectivity index (χ2v) is 5.32. The van der Waals surface area contributed by atoms with Crippen LogP contribution in [0, 0.1) is 0 Å². The van der Waals surface area contributed by atoms with Gasteiger partial charge in [-0.3, -0.25) is 4.84 Å². The first-order valence-electron chi connectivity index (χ1n) is 6.91. The normalized spacial score (nSPS) is 32.2. The van der Waals surface area contributed by atoms with Gasteiger partial charge in [-0.05, 0) is 25.3 Å². The van der Waals surface area contributed by atoms with Gasteiger partial charge in [-0.25, -0.2) is 0 Å². The average Bonchev–Trinajstić information content (AvgIpc) is 2.80. The summed E-state index contributed by atoms with van der Waals surface area (Å²) >= 11 is 0. The van der Waals surface area contributed by atoms with E-state index in [9.17, 15) is 5.11 Å². The van der Waals surface area contributed by atoms with Crippen LogP contribution in [0.2, 0.25) is 0 Å². The molecule has 0 radical (unpaired) electrons. The summed E-state index contributed by atoms with van der Waals surface area (Å²) in [7, 11) is 0. The fourth-order valence-corrected chi connectivity index (χ4v) is 3.04. The molecule has 1 aliphatic heterocycles. The van der Waals surface area contributed by atoms with E-state index in [1.165, 1.54) is 5.56 Å². The Morgan fingerprint density at radius 3 is 2.68 bits per heavy atom. The highest BCUT2D eigenvalue weighted by Crippen LogP contribution is 2.43. The average molecular weight is 261 g/mol. The van der Waals surface area contributed by atoms with Gasteiger partial charge < -0.3 is 5.11 Å². The molecule has 2 rings (SSSR count). The zero-order chi connectivity index (χ0) is 13.9. The van der Waals surface area contributed by atoms with Crippen LogP contribution >= 0.6 is 0 Å². The number of aliphatic hydroxyl groups excluding tert-OH is 1. The zero-order valence-electron chi connectivity index (χ0n) is 11.7. The molecule has 1 aliphatic rings. The molecule has 104 valence electrons. The molecular weight excluding hydrogens is 238 g/mol. The quantitative estimate of drug-likeness (QED) is 0.801. The first-order chi connectivity index (χ1) is 9.14. The van der Waals surface area contributed by atoms with Crippen molar-refractivity contribution in [3.8, 4) is 0 Å². The van der Waals surface area contributed by atoms with Crippen LogP contribution in [0.25, 0.3) is 0 Å². The van der Waals surface area contributed by atoms with Gasteiger partial charge in [-0.1, -0.05) is 43.3 Å². The maximum Gasteiger partial charge on any atom is 0.113 e. The van der Waals surface area contributed by atoms with E-state index in [0.717, 1.165) is 12.8 Å². The minimum Gasteiger partial charge on any atom is -0.391 e. The lowest BCUT2D eigenvalue weighted by Crippen LogP contribution is -2.43. The summed E-state index contributed by atoms with van der Waals surface area (Å²) in [6, 6.07) is 10.3. The summed E-state index contributed by atoms with van der Waals surface area (Å²) in [5, 5.41) is 9.99. The summed E-state index contributed by atoms with van der Waals surface area (Å²) in [4.78, 5) is 5.69. The summed E-state index contributed by atoms with van der Waals surface area (Å²) in [6.07, 6.45) is 2.90. The molecular formula is C16H23NO2. The van der Waals surface area contributed by atoms with Crippen molar-refractivity contribution in [1.29, 1.82) is 0 Å². The molecule has 0 bridgehead atoms. The van der Waals surface area contributed by atoms with E-state index < -0.39 is 6.10 Å². The first-order valence-corrected chi connectivity index (χ1v) is 6.91. The zero-order valence-corrected chi connectivity index (χ0v) is 11.7. The van der Waals surface area contributed by atoms with Gasteiger partial charge in [0.25, 0.3) is 0 Å². The molecule has 0 amide bonds. The molecule has 1 fully saturated rings. The van der Waals surface area contributed by atoms with Crippen LogP contribution in [-0.2, 0) is 4.84 Å². The Labute approximate surface area is 115 Å². The fraction of sp³-hybridized carbons (Fsp3) is 0.500. The third-order valence-corrected chi connectivity index (χ3v) is 4.10. The molecule has 3 nitrogen and oxygen atoms in total. The van der Waals surface area contributed by atoms with Crippen molar-refractivity contribution in [3.63, 3.8) is 0 Å². The van der Waals surface area contributed by atoms with Crippen LogP contribution in [0.4, 0.5) is 0 Å². The number of aliphatic hydroxyl groups is 1. The van der Waals surface area contributed by atoms with E-state index in [1.54, 1.807) is 6.92 Å².